The van der Waals surface area contributed by atoms with Crippen LogP contribution < -0.4 is 11.1 Å². The lowest BCUT2D eigenvalue weighted by Crippen LogP contribution is -2.40. The van der Waals surface area contributed by atoms with Crippen molar-refractivity contribution in [3.05, 3.63) is 65.5 Å². The van der Waals surface area contributed by atoms with Crippen LogP contribution in [0.4, 0.5) is 15.6 Å². The highest BCUT2D eigenvalue weighted by atomic mass is 32.1. The maximum atomic E-state index is 12.9. The number of nitrogen functional groups attached to an aromatic ring is 1. The van der Waals surface area contributed by atoms with E-state index in [0.29, 0.717) is 10.8 Å². The van der Waals surface area contributed by atoms with Crippen molar-refractivity contribution in [3.63, 3.8) is 0 Å². The number of nitrogens with two attached hydrogens (primary N) is 1. The molecule has 0 radical (unpaired) electrons. The fraction of sp³-hybridized carbons (Fsp3) is 0.320. The van der Waals surface area contributed by atoms with E-state index in [-0.39, 0.29) is 24.9 Å². The zero-order valence-electron chi connectivity index (χ0n) is 19.4. The summed E-state index contributed by atoms with van der Waals surface area (Å²) in [4.78, 5) is 31.4. The van der Waals surface area contributed by atoms with Crippen LogP contribution in [0.15, 0.2) is 60.0 Å². The van der Waals surface area contributed by atoms with Gasteiger partial charge in [0, 0.05) is 29.6 Å². The topological polar surface area (TPSA) is 97.5 Å². The fourth-order valence-corrected chi connectivity index (χ4v) is 3.84. The van der Waals surface area contributed by atoms with Crippen molar-refractivity contribution in [1.82, 2.24) is 9.88 Å². The molecule has 8 heteroatoms. The molecule has 0 aliphatic carbocycles. The highest BCUT2D eigenvalue weighted by Crippen LogP contribution is 2.25. The first-order valence-electron chi connectivity index (χ1n) is 10.8. The molecule has 1 atom stereocenters. The molecule has 0 fully saturated rings. The van der Waals surface area contributed by atoms with Crippen molar-refractivity contribution < 1.29 is 14.3 Å². The number of ether oxygens (including phenoxy) is 1. The zero-order valence-corrected chi connectivity index (χ0v) is 20.2. The van der Waals surface area contributed by atoms with Gasteiger partial charge in [0.05, 0.1) is 11.7 Å². The quantitative estimate of drug-likeness (QED) is 0.464. The van der Waals surface area contributed by atoms with Crippen molar-refractivity contribution >= 4 is 34.2 Å². The van der Waals surface area contributed by atoms with Gasteiger partial charge in [0.2, 0.25) is 5.91 Å². The summed E-state index contributed by atoms with van der Waals surface area (Å²) in [6.07, 6.45) is -0.306. The summed E-state index contributed by atoms with van der Waals surface area (Å²) in [5.41, 5.74) is 8.44. The molecule has 0 unspecified atom stereocenters. The minimum Gasteiger partial charge on any atom is -0.444 e. The summed E-state index contributed by atoms with van der Waals surface area (Å²) in [7, 11) is 0. The Balaban J connectivity index is 1.64. The molecule has 3 N–H and O–H groups in total. The summed E-state index contributed by atoms with van der Waals surface area (Å²) in [6, 6.07) is 16.9. The number of nitrogens with one attached hydrogen (secondary N) is 1. The van der Waals surface area contributed by atoms with E-state index in [9.17, 15) is 9.59 Å². The predicted octanol–water partition coefficient (Wildman–Crippen LogP) is 5.72. The Kier molecular flexibility index (Phi) is 7.71. The maximum absolute atomic E-state index is 12.9. The number of nitrogens with zero attached hydrogens (tertiary/aromatic N) is 2. The normalized spacial score (nSPS) is 12.1. The second kappa shape index (κ2) is 10.5. The SMILES string of the molecule is C[C@@H](c1ccccc1)N(CCC(=O)Nc1ccc(-c2csc(N)n2)cc1)C(=O)OC(C)(C)C. The number of benzene rings is 2. The van der Waals surface area contributed by atoms with Crippen LogP contribution in [0, 0.1) is 0 Å². The predicted molar refractivity (Wildman–Crippen MR) is 133 cm³/mol. The number of amides is 2. The average Bonchev–Trinajstić information content (AvgIpc) is 3.20. The third-order valence-electron chi connectivity index (χ3n) is 4.94. The molecule has 0 saturated carbocycles. The van der Waals surface area contributed by atoms with Crippen LogP contribution in [0.3, 0.4) is 0 Å². The molecule has 0 bridgehead atoms. The summed E-state index contributed by atoms with van der Waals surface area (Å²) in [6.45, 7) is 7.64. The summed E-state index contributed by atoms with van der Waals surface area (Å²) < 4.78 is 5.59. The Bertz CT molecular complexity index is 1080. The summed E-state index contributed by atoms with van der Waals surface area (Å²) in [5, 5.41) is 5.29. The Labute approximate surface area is 198 Å². The number of carbonyl (C=O) groups is 2. The van der Waals surface area contributed by atoms with E-state index < -0.39 is 11.7 Å². The van der Waals surface area contributed by atoms with E-state index in [1.54, 1.807) is 4.90 Å². The van der Waals surface area contributed by atoms with Gasteiger partial charge >= 0.3 is 6.09 Å². The molecule has 33 heavy (non-hydrogen) atoms. The molecule has 1 aromatic heterocycles. The van der Waals surface area contributed by atoms with Crippen molar-refractivity contribution in [2.75, 3.05) is 17.6 Å². The van der Waals surface area contributed by atoms with Gasteiger partial charge in [-0.25, -0.2) is 9.78 Å². The zero-order chi connectivity index (χ0) is 24.0. The van der Waals surface area contributed by atoms with Crippen LogP contribution in [-0.2, 0) is 9.53 Å². The standard InChI is InChI=1S/C25H30N4O3S/c1-17(18-8-6-5-7-9-18)29(24(31)32-25(2,3)4)15-14-22(30)27-20-12-10-19(11-13-20)21-16-33-23(26)28-21/h5-13,16-17H,14-15H2,1-4H3,(H2,26,28)(H,27,30)/t17-/m0/s1. The number of hydrogen-bond donors (Lipinski definition) is 2. The lowest BCUT2D eigenvalue weighted by Gasteiger charge is -2.32. The average molecular weight is 467 g/mol. The van der Waals surface area contributed by atoms with E-state index in [1.165, 1.54) is 11.3 Å². The molecular formula is C25H30N4O3S. The maximum Gasteiger partial charge on any atom is 0.410 e. The van der Waals surface area contributed by atoms with Crippen LogP contribution in [0.5, 0.6) is 0 Å². The highest BCUT2D eigenvalue weighted by Gasteiger charge is 2.27. The van der Waals surface area contributed by atoms with Crippen LogP contribution in [-0.4, -0.2) is 34.0 Å². The van der Waals surface area contributed by atoms with Crippen molar-refractivity contribution in [2.45, 2.75) is 45.8 Å². The van der Waals surface area contributed by atoms with E-state index >= 15 is 0 Å². The molecule has 3 aromatic rings. The number of thiazole rings is 1. The molecule has 0 saturated heterocycles. The number of rotatable bonds is 7. The second-order valence-electron chi connectivity index (χ2n) is 8.71. The first-order chi connectivity index (χ1) is 15.6. The van der Waals surface area contributed by atoms with Crippen molar-refractivity contribution in [2.24, 2.45) is 0 Å². The van der Waals surface area contributed by atoms with Crippen LogP contribution in [0.25, 0.3) is 11.3 Å². The Hall–Kier alpha value is -3.39. The highest BCUT2D eigenvalue weighted by molar-refractivity contribution is 7.13. The van der Waals surface area contributed by atoms with E-state index in [0.717, 1.165) is 16.8 Å². The van der Waals surface area contributed by atoms with Crippen LogP contribution in [0.2, 0.25) is 0 Å². The number of anilines is 2. The first-order valence-corrected chi connectivity index (χ1v) is 11.7. The van der Waals surface area contributed by atoms with Gasteiger partial charge in [-0.1, -0.05) is 42.5 Å². The van der Waals surface area contributed by atoms with E-state index in [2.05, 4.69) is 10.3 Å². The number of aromatic nitrogens is 1. The molecule has 0 aliphatic heterocycles. The third kappa shape index (κ3) is 7.05. The van der Waals surface area contributed by atoms with Crippen molar-refractivity contribution in [1.29, 1.82) is 0 Å². The van der Waals surface area contributed by atoms with Gasteiger partial charge in [-0.2, -0.15) is 0 Å². The molecule has 174 valence electrons. The minimum atomic E-state index is -0.627. The van der Waals surface area contributed by atoms with Gasteiger partial charge in [-0.15, -0.1) is 11.3 Å². The molecule has 0 spiro atoms. The summed E-state index contributed by atoms with van der Waals surface area (Å²) in [5.74, 6) is -0.186. The van der Waals surface area contributed by atoms with Gasteiger partial charge in [-0.05, 0) is 45.4 Å². The number of carbonyl (C=O) groups excluding carboxylic acids is 2. The number of hydrogen-bond acceptors (Lipinski definition) is 6. The van der Waals surface area contributed by atoms with Gasteiger partial charge in [0.15, 0.2) is 5.13 Å². The lowest BCUT2D eigenvalue weighted by molar-refractivity contribution is -0.116. The molecule has 3 rings (SSSR count). The Morgan fingerprint density at radius 1 is 1.12 bits per heavy atom. The molecule has 1 heterocycles. The van der Waals surface area contributed by atoms with Gasteiger partial charge in [-0.3, -0.25) is 4.79 Å². The van der Waals surface area contributed by atoms with E-state index in [4.69, 9.17) is 10.5 Å². The molecule has 0 aliphatic rings. The molecule has 7 nitrogen and oxygen atoms in total. The first kappa shape index (κ1) is 24.3. The Morgan fingerprint density at radius 3 is 2.36 bits per heavy atom. The van der Waals surface area contributed by atoms with Crippen LogP contribution >= 0.6 is 11.3 Å². The van der Waals surface area contributed by atoms with Crippen molar-refractivity contribution in [3.8, 4) is 11.3 Å². The Morgan fingerprint density at radius 2 is 1.79 bits per heavy atom. The molecule has 2 amide bonds. The fourth-order valence-electron chi connectivity index (χ4n) is 3.27. The monoisotopic (exact) mass is 466 g/mol. The second-order valence-corrected chi connectivity index (χ2v) is 9.60. The minimum absolute atomic E-state index is 0.140. The van der Waals surface area contributed by atoms with Gasteiger partial charge < -0.3 is 20.7 Å². The van der Waals surface area contributed by atoms with Gasteiger partial charge in [0.1, 0.15) is 5.60 Å². The molecule has 2 aromatic carbocycles. The van der Waals surface area contributed by atoms with Crippen LogP contribution in [0.1, 0.15) is 45.7 Å². The smallest absolute Gasteiger partial charge is 0.410 e. The summed E-state index contributed by atoms with van der Waals surface area (Å²) >= 11 is 1.38. The van der Waals surface area contributed by atoms with E-state index in [1.807, 2.05) is 87.7 Å². The third-order valence-corrected chi connectivity index (χ3v) is 5.62. The van der Waals surface area contributed by atoms with Gasteiger partial charge in [0.25, 0.3) is 0 Å². The lowest BCUT2D eigenvalue weighted by atomic mass is 10.1. The molecular weight excluding hydrogens is 436 g/mol. The largest absolute Gasteiger partial charge is 0.444 e.